The van der Waals surface area contributed by atoms with Crippen LogP contribution in [0.15, 0.2) is 48.8 Å². The molecule has 1 aliphatic rings. The van der Waals surface area contributed by atoms with Gasteiger partial charge in [0.1, 0.15) is 5.75 Å². The molecule has 1 aliphatic heterocycles. The maximum atomic E-state index is 12.5. The Hall–Kier alpha value is -2.93. The van der Waals surface area contributed by atoms with Crippen LogP contribution in [0.5, 0.6) is 5.75 Å². The number of ether oxygens (including phenoxy) is 2. The first-order valence-electron chi connectivity index (χ1n) is 9.44. The summed E-state index contributed by atoms with van der Waals surface area (Å²) in [6.45, 7) is 5.79. The number of benzene rings is 1. The summed E-state index contributed by atoms with van der Waals surface area (Å²) in [7, 11) is 0. The van der Waals surface area contributed by atoms with Gasteiger partial charge >= 0.3 is 5.97 Å². The average Bonchev–Trinajstić information content (AvgIpc) is 2.74. The molecule has 0 saturated carbocycles. The van der Waals surface area contributed by atoms with Crippen LogP contribution in [-0.2, 0) is 9.53 Å². The van der Waals surface area contributed by atoms with Crippen molar-refractivity contribution >= 4 is 17.4 Å². The van der Waals surface area contributed by atoms with Gasteiger partial charge in [-0.3, -0.25) is 14.7 Å². The molecule has 7 nitrogen and oxygen atoms in total. The number of hydrogen-bond acceptors (Lipinski definition) is 7. The lowest BCUT2D eigenvalue weighted by Gasteiger charge is -2.35. The van der Waals surface area contributed by atoms with Crippen LogP contribution in [0, 0.1) is 0 Å². The predicted octanol–water partition coefficient (Wildman–Crippen LogP) is 2.03. The Labute approximate surface area is 164 Å². The van der Waals surface area contributed by atoms with Gasteiger partial charge in [-0.05, 0) is 43.3 Å². The highest BCUT2D eigenvalue weighted by atomic mass is 16.6. The normalized spacial score (nSPS) is 14.5. The highest BCUT2D eigenvalue weighted by molar-refractivity contribution is 5.97. The molecule has 1 saturated heterocycles. The van der Waals surface area contributed by atoms with Gasteiger partial charge in [0.2, 0.25) is 0 Å². The predicted molar refractivity (Wildman–Crippen MR) is 106 cm³/mol. The standard InChI is InChI=1S/C21H25N3O4/c1-2-27-21(26)16-28-19-5-3-17(4-6-19)20(25)15-23-11-13-24(14-12-23)18-7-9-22-10-8-18/h3-10H,2,11-16H2,1H3. The van der Waals surface area contributed by atoms with Crippen LogP contribution in [-0.4, -0.2) is 67.6 Å². The van der Waals surface area contributed by atoms with E-state index in [9.17, 15) is 9.59 Å². The molecule has 3 rings (SSSR count). The maximum absolute atomic E-state index is 12.5. The average molecular weight is 383 g/mol. The maximum Gasteiger partial charge on any atom is 0.344 e. The summed E-state index contributed by atoms with van der Waals surface area (Å²) in [5.74, 6) is 0.207. The Kier molecular flexibility index (Phi) is 6.97. The zero-order valence-electron chi connectivity index (χ0n) is 16.0. The smallest absolute Gasteiger partial charge is 0.344 e. The van der Waals surface area contributed by atoms with E-state index in [-0.39, 0.29) is 12.4 Å². The number of carbonyl (C=O) groups is 2. The summed E-state index contributed by atoms with van der Waals surface area (Å²) in [6.07, 6.45) is 3.59. The summed E-state index contributed by atoms with van der Waals surface area (Å²) in [6, 6.07) is 10.9. The van der Waals surface area contributed by atoms with Crippen LogP contribution < -0.4 is 9.64 Å². The topological polar surface area (TPSA) is 72.0 Å². The Morgan fingerprint density at radius 2 is 1.68 bits per heavy atom. The van der Waals surface area contributed by atoms with E-state index in [2.05, 4.69) is 14.8 Å². The Bertz CT molecular complexity index is 772. The molecule has 1 aromatic carbocycles. The highest BCUT2D eigenvalue weighted by Gasteiger charge is 2.19. The number of rotatable bonds is 8. The number of piperazine rings is 1. The number of esters is 1. The van der Waals surface area contributed by atoms with Crippen LogP contribution in [0.3, 0.4) is 0 Å². The Morgan fingerprint density at radius 3 is 2.32 bits per heavy atom. The van der Waals surface area contributed by atoms with Gasteiger partial charge in [-0.2, -0.15) is 0 Å². The van der Waals surface area contributed by atoms with Gasteiger partial charge < -0.3 is 14.4 Å². The molecular weight excluding hydrogens is 358 g/mol. The van der Waals surface area contributed by atoms with Gasteiger partial charge in [0.25, 0.3) is 0 Å². The minimum absolute atomic E-state index is 0.0781. The van der Waals surface area contributed by atoms with Crippen molar-refractivity contribution in [2.45, 2.75) is 6.92 Å². The monoisotopic (exact) mass is 383 g/mol. The third-order valence-corrected chi connectivity index (χ3v) is 4.61. The van der Waals surface area contributed by atoms with Crippen LogP contribution in [0.4, 0.5) is 5.69 Å². The minimum Gasteiger partial charge on any atom is -0.482 e. The van der Waals surface area contributed by atoms with Gasteiger partial charge in [0, 0.05) is 49.8 Å². The SMILES string of the molecule is CCOC(=O)COc1ccc(C(=O)CN2CCN(c3ccncc3)CC2)cc1. The summed E-state index contributed by atoms with van der Waals surface area (Å²) in [5.41, 5.74) is 1.81. The molecule has 0 aliphatic carbocycles. The third-order valence-electron chi connectivity index (χ3n) is 4.61. The van der Waals surface area contributed by atoms with Crippen LogP contribution in [0.2, 0.25) is 0 Å². The summed E-state index contributed by atoms with van der Waals surface area (Å²) in [4.78, 5) is 32.4. The molecule has 0 amide bonds. The van der Waals surface area contributed by atoms with Gasteiger partial charge in [-0.1, -0.05) is 0 Å². The van der Waals surface area contributed by atoms with Crippen molar-refractivity contribution < 1.29 is 19.1 Å². The van der Waals surface area contributed by atoms with Crippen molar-refractivity contribution in [3.8, 4) is 5.75 Å². The lowest BCUT2D eigenvalue weighted by molar-refractivity contribution is -0.145. The molecule has 148 valence electrons. The lowest BCUT2D eigenvalue weighted by Crippen LogP contribution is -2.48. The van der Waals surface area contributed by atoms with E-state index in [0.29, 0.717) is 24.5 Å². The van der Waals surface area contributed by atoms with Gasteiger partial charge in [0.15, 0.2) is 12.4 Å². The second-order valence-corrected chi connectivity index (χ2v) is 6.51. The van der Waals surface area contributed by atoms with E-state index in [4.69, 9.17) is 9.47 Å². The number of Topliss-reactive ketones (excluding diaryl/α,β-unsaturated/α-hetero) is 1. The van der Waals surface area contributed by atoms with E-state index in [0.717, 1.165) is 26.2 Å². The van der Waals surface area contributed by atoms with E-state index in [1.165, 1.54) is 5.69 Å². The number of aromatic nitrogens is 1. The van der Waals surface area contributed by atoms with Crippen LogP contribution in [0.25, 0.3) is 0 Å². The van der Waals surface area contributed by atoms with Gasteiger partial charge in [0.05, 0.1) is 13.2 Å². The first-order chi connectivity index (χ1) is 13.7. The molecule has 0 atom stereocenters. The number of pyridine rings is 1. The van der Waals surface area contributed by atoms with Crippen molar-refractivity contribution in [1.29, 1.82) is 0 Å². The first-order valence-corrected chi connectivity index (χ1v) is 9.44. The summed E-state index contributed by atoms with van der Waals surface area (Å²) in [5, 5.41) is 0. The van der Waals surface area contributed by atoms with Crippen LogP contribution >= 0.6 is 0 Å². The first kappa shape index (κ1) is 19.8. The zero-order chi connectivity index (χ0) is 19.8. The molecule has 2 aromatic rings. The fraction of sp³-hybridized carbons (Fsp3) is 0.381. The van der Waals surface area contributed by atoms with E-state index in [1.54, 1.807) is 43.6 Å². The fourth-order valence-electron chi connectivity index (χ4n) is 3.10. The quantitative estimate of drug-likeness (QED) is 0.510. The largest absolute Gasteiger partial charge is 0.482 e. The molecule has 0 unspecified atom stereocenters. The third kappa shape index (κ3) is 5.53. The molecule has 0 radical (unpaired) electrons. The zero-order valence-corrected chi connectivity index (χ0v) is 16.0. The molecule has 28 heavy (non-hydrogen) atoms. The molecule has 0 bridgehead atoms. The van der Waals surface area contributed by atoms with Gasteiger partial charge in [-0.25, -0.2) is 4.79 Å². The number of ketones is 1. The second-order valence-electron chi connectivity index (χ2n) is 6.51. The number of anilines is 1. The lowest BCUT2D eigenvalue weighted by atomic mass is 10.1. The fourth-order valence-corrected chi connectivity index (χ4v) is 3.10. The van der Waals surface area contributed by atoms with Crippen molar-refractivity contribution in [2.24, 2.45) is 0 Å². The van der Waals surface area contributed by atoms with E-state index >= 15 is 0 Å². The van der Waals surface area contributed by atoms with Gasteiger partial charge in [-0.15, -0.1) is 0 Å². The molecule has 7 heteroatoms. The molecule has 0 N–H and O–H groups in total. The number of nitrogens with zero attached hydrogens (tertiary/aromatic N) is 3. The van der Waals surface area contributed by atoms with Crippen molar-refractivity contribution in [2.75, 3.05) is 50.8 Å². The van der Waals surface area contributed by atoms with Crippen molar-refractivity contribution in [1.82, 2.24) is 9.88 Å². The summed E-state index contributed by atoms with van der Waals surface area (Å²) < 4.78 is 10.2. The van der Waals surface area contributed by atoms with Crippen molar-refractivity contribution in [3.05, 3.63) is 54.4 Å². The molecule has 0 spiro atoms. The number of hydrogen-bond donors (Lipinski definition) is 0. The van der Waals surface area contributed by atoms with Crippen molar-refractivity contribution in [3.63, 3.8) is 0 Å². The second kappa shape index (κ2) is 9.85. The molecule has 2 heterocycles. The van der Waals surface area contributed by atoms with E-state index in [1.807, 2.05) is 12.1 Å². The molecule has 1 fully saturated rings. The van der Waals surface area contributed by atoms with Crippen LogP contribution in [0.1, 0.15) is 17.3 Å². The number of carbonyl (C=O) groups excluding carboxylic acids is 2. The molecule has 1 aromatic heterocycles. The van der Waals surface area contributed by atoms with E-state index < -0.39 is 5.97 Å². The summed E-state index contributed by atoms with van der Waals surface area (Å²) >= 11 is 0. The molecular formula is C21H25N3O4. The Morgan fingerprint density at radius 1 is 1.00 bits per heavy atom. The Balaban J connectivity index is 1.45. The highest BCUT2D eigenvalue weighted by Crippen LogP contribution is 2.16. The minimum atomic E-state index is -0.409.